The number of anilines is 1. The summed E-state index contributed by atoms with van der Waals surface area (Å²) in [4.78, 5) is 33.1. The van der Waals surface area contributed by atoms with Gasteiger partial charge in [0.15, 0.2) is 0 Å². The van der Waals surface area contributed by atoms with Crippen molar-refractivity contribution in [3.05, 3.63) is 46.7 Å². The van der Waals surface area contributed by atoms with Gasteiger partial charge in [-0.1, -0.05) is 17.7 Å². The molecule has 3 saturated heterocycles. The van der Waals surface area contributed by atoms with Gasteiger partial charge in [0, 0.05) is 82.7 Å². The number of halogens is 1. The Bertz CT molecular complexity index is 1030. The van der Waals surface area contributed by atoms with Crippen LogP contribution in [0.3, 0.4) is 0 Å². The molecule has 1 aromatic carbocycles. The molecule has 2 aromatic rings. The molecule has 0 bridgehead atoms. The summed E-state index contributed by atoms with van der Waals surface area (Å²) in [5.41, 5.74) is 3.44. The molecule has 1 aromatic heterocycles. The first-order valence-corrected chi connectivity index (χ1v) is 12.1. The van der Waals surface area contributed by atoms with Crippen LogP contribution in [0.2, 0.25) is 5.02 Å². The van der Waals surface area contributed by atoms with Crippen LogP contribution in [0.5, 0.6) is 0 Å². The van der Waals surface area contributed by atoms with Crippen LogP contribution in [-0.2, 0) is 11.3 Å². The molecule has 0 N–H and O–H groups in total. The predicted octanol–water partition coefficient (Wildman–Crippen LogP) is 2.55. The fourth-order valence-electron chi connectivity index (χ4n) is 5.51. The Morgan fingerprint density at radius 2 is 1.73 bits per heavy atom. The summed E-state index contributed by atoms with van der Waals surface area (Å²) in [6.07, 6.45) is 3.52. The molecule has 8 nitrogen and oxygen atoms in total. The van der Waals surface area contributed by atoms with Crippen molar-refractivity contribution < 1.29 is 9.59 Å². The Hall–Kier alpha value is -2.58. The molecule has 9 heteroatoms. The van der Waals surface area contributed by atoms with Crippen LogP contribution in [0.25, 0.3) is 0 Å². The molecule has 5 rings (SSSR count). The molecule has 0 aliphatic carbocycles. The lowest BCUT2D eigenvalue weighted by atomic mass is 10.0. The van der Waals surface area contributed by atoms with Crippen LogP contribution in [-0.4, -0.2) is 88.8 Å². The molecule has 3 aliphatic heterocycles. The van der Waals surface area contributed by atoms with E-state index in [0.717, 1.165) is 69.5 Å². The number of aromatic nitrogens is 2. The van der Waals surface area contributed by atoms with Crippen LogP contribution in [0, 0.1) is 18.8 Å². The molecule has 33 heavy (non-hydrogen) atoms. The van der Waals surface area contributed by atoms with Gasteiger partial charge in [0.1, 0.15) is 0 Å². The average Bonchev–Trinajstić information content (AvgIpc) is 3.49. The number of hydrogen-bond acceptors (Lipinski definition) is 5. The number of aryl methyl sites for hydroxylation is 1. The molecular formula is C24H31ClN6O2. The molecule has 4 heterocycles. The van der Waals surface area contributed by atoms with E-state index in [4.69, 9.17) is 11.6 Å². The van der Waals surface area contributed by atoms with E-state index in [0.29, 0.717) is 11.8 Å². The summed E-state index contributed by atoms with van der Waals surface area (Å²) in [6.45, 7) is 11.2. The second-order valence-electron chi connectivity index (χ2n) is 9.63. The van der Waals surface area contributed by atoms with E-state index in [2.05, 4.69) is 27.0 Å². The van der Waals surface area contributed by atoms with Crippen molar-refractivity contribution in [2.45, 2.75) is 20.4 Å². The summed E-state index contributed by atoms with van der Waals surface area (Å²) in [7, 11) is 0. The maximum atomic E-state index is 12.8. The number of hydrogen-bond donors (Lipinski definition) is 0. The van der Waals surface area contributed by atoms with E-state index in [1.807, 2.05) is 22.8 Å². The lowest BCUT2D eigenvalue weighted by molar-refractivity contribution is -0.129. The number of fused-ring (bicyclic) bond motifs is 1. The van der Waals surface area contributed by atoms with Crippen LogP contribution < -0.4 is 4.90 Å². The summed E-state index contributed by atoms with van der Waals surface area (Å²) in [5.74, 6) is 1.14. The fraction of sp³-hybridized carbons (Fsp3) is 0.542. The van der Waals surface area contributed by atoms with Crippen molar-refractivity contribution in [3.63, 3.8) is 0 Å². The molecule has 3 aliphatic rings. The first-order valence-electron chi connectivity index (χ1n) is 11.7. The van der Waals surface area contributed by atoms with E-state index in [-0.39, 0.29) is 11.9 Å². The van der Waals surface area contributed by atoms with Crippen LogP contribution in [0.1, 0.15) is 18.1 Å². The minimum atomic E-state index is -0.0197. The van der Waals surface area contributed by atoms with Crippen LogP contribution >= 0.6 is 11.6 Å². The van der Waals surface area contributed by atoms with Gasteiger partial charge in [-0.15, -0.1) is 0 Å². The van der Waals surface area contributed by atoms with E-state index < -0.39 is 0 Å². The average molecular weight is 471 g/mol. The largest absolute Gasteiger partial charge is 0.368 e. The lowest BCUT2D eigenvalue weighted by Gasteiger charge is -2.37. The SMILES string of the molecule is CC(=O)N1CCN(c2cc(Cl)ccc2CN2CC3CN(C(=O)n4cc(C)cn4)CC3C2)CC1. The smallest absolute Gasteiger partial charge is 0.344 e. The van der Waals surface area contributed by atoms with Gasteiger partial charge in [-0.05, 0) is 42.0 Å². The number of carbonyl (C=O) groups is 2. The molecule has 0 radical (unpaired) electrons. The third-order valence-electron chi connectivity index (χ3n) is 7.25. The number of piperazine rings is 1. The maximum absolute atomic E-state index is 12.8. The first-order chi connectivity index (χ1) is 15.9. The predicted molar refractivity (Wildman–Crippen MR) is 128 cm³/mol. The number of benzene rings is 1. The standard InChI is InChI=1S/C24H31ClN6O2/c1-17-10-26-31(11-17)24(33)30-15-20-13-27(14-21(20)16-30)12-19-3-4-22(25)9-23(19)29-7-5-28(6-8-29)18(2)32/h3-4,9-11,20-21H,5-8,12-16H2,1-2H3. The van der Waals surface area contributed by atoms with E-state index >= 15 is 0 Å². The van der Waals surface area contributed by atoms with Crippen LogP contribution in [0.4, 0.5) is 10.5 Å². The fourth-order valence-corrected chi connectivity index (χ4v) is 5.67. The Morgan fingerprint density at radius 3 is 2.33 bits per heavy atom. The Balaban J connectivity index is 1.21. The summed E-state index contributed by atoms with van der Waals surface area (Å²) in [5, 5.41) is 4.92. The van der Waals surface area contributed by atoms with Gasteiger partial charge in [0.2, 0.25) is 5.91 Å². The Labute approximate surface area is 199 Å². The molecule has 2 amide bonds. The highest BCUT2D eigenvalue weighted by atomic mass is 35.5. The molecule has 0 spiro atoms. The summed E-state index contributed by atoms with van der Waals surface area (Å²) >= 11 is 6.36. The number of nitrogens with zero attached hydrogens (tertiary/aromatic N) is 6. The molecule has 176 valence electrons. The summed E-state index contributed by atoms with van der Waals surface area (Å²) in [6, 6.07) is 6.15. The van der Waals surface area contributed by atoms with Crippen molar-refractivity contribution in [2.24, 2.45) is 11.8 Å². The van der Waals surface area contributed by atoms with Crippen LogP contribution in [0.15, 0.2) is 30.6 Å². The Morgan fingerprint density at radius 1 is 1.03 bits per heavy atom. The quantitative estimate of drug-likeness (QED) is 0.689. The minimum absolute atomic E-state index is 0.0197. The molecular weight excluding hydrogens is 440 g/mol. The normalized spacial score (nSPS) is 23.3. The van der Waals surface area contributed by atoms with Crippen molar-refractivity contribution in [1.82, 2.24) is 24.5 Å². The highest BCUT2D eigenvalue weighted by Gasteiger charge is 2.42. The topological polar surface area (TPSA) is 64.9 Å². The van der Waals surface area contributed by atoms with Gasteiger partial charge in [0.25, 0.3) is 0 Å². The second-order valence-corrected chi connectivity index (χ2v) is 10.1. The zero-order valence-corrected chi connectivity index (χ0v) is 20.0. The third-order valence-corrected chi connectivity index (χ3v) is 7.48. The lowest BCUT2D eigenvalue weighted by Crippen LogP contribution is -2.48. The van der Waals surface area contributed by atoms with E-state index in [1.165, 1.54) is 15.9 Å². The summed E-state index contributed by atoms with van der Waals surface area (Å²) < 4.78 is 1.46. The van der Waals surface area contributed by atoms with Crippen molar-refractivity contribution in [3.8, 4) is 0 Å². The Kier molecular flexibility index (Phi) is 6.05. The van der Waals surface area contributed by atoms with E-state index in [1.54, 1.807) is 19.3 Å². The monoisotopic (exact) mass is 470 g/mol. The van der Waals surface area contributed by atoms with Crippen molar-refractivity contribution >= 4 is 29.2 Å². The van der Waals surface area contributed by atoms with Gasteiger partial charge in [0.05, 0.1) is 6.20 Å². The molecule has 2 unspecified atom stereocenters. The molecule has 2 atom stereocenters. The van der Waals surface area contributed by atoms with Gasteiger partial charge < -0.3 is 14.7 Å². The molecule has 0 saturated carbocycles. The minimum Gasteiger partial charge on any atom is -0.368 e. The third kappa shape index (κ3) is 4.59. The first kappa shape index (κ1) is 22.2. The highest BCUT2D eigenvalue weighted by Crippen LogP contribution is 2.34. The van der Waals surface area contributed by atoms with E-state index in [9.17, 15) is 9.59 Å². The molecule has 3 fully saturated rings. The van der Waals surface area contributed by atoms with Gasteiger partial charge >= 0.3 is 6.03 Å². The number of rotatable bonds is 3. The van der Waals surface area contributed by atoms with Crippen molar-refractivity contribution in [1.29, 1.82) is 0 Å². The van der Waals surface area contributed by atoms with Gasteiger partial charge in [-0.2, -0.15) is 9.78 Å². The number of likely N-dealkylation sites (tertiary alicyclic amines) is 2. The van der Waals surface area contributed by atoms with Crippen molar-refractivity contribution in [2.75, 3.05) is 57.3 Å². The number of amides is 2. The second kappa shape index (κ2) is 8.99. The van der Waals surface area contributed by atoms with Gasteiger partial charge in [-0.25, -0.2) is 4.79 Å². The zero-order chi connectivity index (χ0) is 23.1. The maximum Gasteiger partial charge on any atom is 0.344 e. The zero-order valence-electron chi connectivity index (χ0n) is 19.3. The highest BCUT2D eigenvalue weighted by molar-refractivity contribution is 6.30. The number of carbonyl (C=O) groups excluding carboxylic acids is 2. The van der Waals surface area contributed by atoms with Gasteiger partial charge in [-0.3, -0.25) is 9.69 Å².